The molecule has 0 bridgehead atoms. The maximum Gasteiger partial charge on any atom is 0.0483 e. The first-order valence-corrected chi connectivity index (χ1v) is 6.86. The summed E-state index contributed by atoms with van der Waals surface area (Å²) in [4.78, 5) is 0. The van der Waals surface area contributed by atoms with Crippen molar-refractivity contribution in [3.05, 3.63) is 35.0 Å². The molecule has 0 aliphatic carbocycles. The fraction of sp³-hybridized carbons (Fsp3) is 0.500. The molecule has 2 heterocycles. The first-order chi connectivity index (χ1) is 8.52. The van der Waals surface area contributed by atoms with Crippen LogP contribution < -0.4 is 5.32 Å². The molecule has 0 saturated carbocycles. The molecule has 0 amide bonds. The first-order valence-electron chi connectivity index (χ1n) is 6.86. The minimum absolute atomic E-state index is 0.212. The molecule has 18 heavy (non-hydrogen) atoms. The molecule has 1 aliphatic rings. The maximum absolute atomic E-state index is 3.62. The molecule has 96 valence electrons. The average Bonchev–Trinajstić information content (AvgIpc) is 2.61. The SMILES string of the molecule is CCc1ccc2c(c1)c1c(n2C)CNC(C)(C)C1. The summed E-state index contributed by atoms with van der Waals surface area (Å²) in [5.41, 5.74) is 6.02. The van der Waals surface area contributed by atoms with Crippen molar-refractivity contribution in [3.8, 4) is 0 Å². The minimum Gasteiger partial charge on any atom is -0.346 e. The third kappa shape index (κ3) is 1.67. The molecule has 0 saturated heterocycles. The summed E-state index contributed by atoms with van der Waals surface area (Å²) in [6.45, 7) is 7.79. The number of rotatable bonds is 1. The van der Waals surface area contributed by atoms with Gasteiger partial charge in [-0.25, -0.2) is 0 Å². The Hall–Kier alpha value is -1.28. The van der Waals surface area contributed by atoms with Crippen LogP contribution in [0.3, 0.4) is 0 Å². The Morgan fingerprint density at radius 1 is 1.33 bits per heavy atom. The molecule has 2 heteroatoms. The van der Waals surface area contributed by atoms with Crippen molar-refractivity contribution in [2.75, 3.05) is 0 Å². The topological polar surface area (TPSA) is 17.0 Å². The van der Waals surface area contributed by atoms with Gasteiger partial charge in [-0.15, -0.1) is 0 Å². The van der Waals surface area contributed by atoms with Crippen molar-refractivity contribution in [2.45, 2.75) is 45.7 Å². The molecular weight excluding hydrogens is 220 g/mol. The highest BCUT2D eigenvalue weighted by atomic mass is 15.0. The summed E-state index contributed by atoms with van der Waals surface area (Å²) in [5, 5.41) is 5.08. The maximum atomic E-state index is 3.62. The second kappa shape index (κ2) is 3.86. The number of hydrogen-bond acceptors (Lipinski definition) is 1. The smallest absolute Gasteiger partial charge is 0.0483 e. The van der Waals surface area contributed by atoms with E-state index >= 15 is 0 Å². The fourth-order valence-corrected chi connectivity index (χ4v) is 3.09. The van der Waals surface area contributed by atoms with Crippen LogP contribution in [-0.2, 0) is 26.4 Å². The van der Waals surface area contributed by atoms with Gasteiger partial charge in [0.15, 0.2) is 0 Å². The lowest BCUT2D eigenvalue weighted by molar-refractivity contribution is 0.357. The Labute approximate surface area is 109 Å². The molecule has 3 rings (SSSR count). The van der Waals surface area contributed by atoms with Crippen molar-refractivity contribution in [1.29, 1.82) is 0 Å². The van der Waals surface area contributed by atoms with Gasteiger partial charge < -0.3 is 9.88 Å². The molecule has 0 atom stereocenters. The van der Waals surface area contributed by atoms with Crippen molar-refractivity contribution < 1.29 is 0 Å². The lowest BCUT2D eigenvalue weighted by atomic mass is 9.89. The summed E-state index contributed by atoms with van der Waals surface area (Å²) in [5.74, 6) is 0. The van der Waals surface area contributed by atoms with E-state index in [-0.39, 0.29) is 5.54 Å². The Bertz CT molecular complexity index is 605. The summed E-state index contributed by atoms with van der Waals surface area (Å²) in [6, 6.07) is 6.92. The van der Waals surface area contributed by atoms with E-state index in [2.05, 4.69) is 55.9 Å². The van der Waals surface area contributed by atoms with Gasteiger partial charge in [-0.2, -0.15) is 0 Å². The van der Waals surface area contributed by atoms with Gasteiger partial charge in [0.1, 0.15) is 0 Å². The van der Waals surface area contributed by atoms with Crippen LogP contribution in [0, 0.1) is 0 Å². The van der Waals surface area contributed by atoms with Crippen LogP contribution in [-0.4, -0.2) is 10.1 Å². The number of aryl methyl sites for hydroxylation is 2. The highest BCUT2D eigenvalue weighted by Crippen LogP contribution is 2.32. The number of hydrogen-bond donors (Lipinski definition) is 1. The molecule has 1 N–H and O–H groups in total. The Morgan fingerprint density at radius 2 is 2.11 bits per heavy atom. The van der Waals surface area contributed by atoms with E-state index in [0.29, 0.717) is 0 Å². The molecule has 1 aliphatic heterocycles. The quantitative estimate of drug-likeness (QED) is 0.813. The largest absolute Gasteiger partial charge is 0.346 e. The zero-order valence-corrected chi connectivity index (χ0v) is 11.8. The van der Waals surface area contributed by atoms with E-state index in [1.807, 2.05) is 0 Å². The summed E-state index contributed by atoms with van der Waals surface area (Å²) in [6.07, 6.45) is 2.23. The number of aromatic nitrogens is 1. The third-order valence-electron chi connectivity index (χ3n) is 4.26. The van der Waals surface area contributed by atoms with Gasteiger partial charge in [-0.3, -0.25) is 0 Å². The number of fused-ring (bicyclic) bond motifs is 3. The van der Waals surface area contributed by atoms with Gasteiger partial charge in [-0.1, -0.05) is 13.0 Å². The molecule has 1 aromatic carbocycles. The van der Waals surface area contributed by atoms with Crippen LogP contribution in [0.4, 0.5) is 0 Å². The van der Waals surface area contributed by atoms with E-state index in [1.165, 1.54) is 22.2 Å². The van der Waals surface area contributed by atoms with E-state index in [0.717, 1.165) is 19.4 Å². The highest BCUT2D eigenvalue weighted by Gasteiger charge is 2.28. The van der Waals surface area contributed by atoms with Crippen LogP contribution in [0.25, 0.3) is 10.9 Å². The van der Waals surface area contributed by atoms with Gasteiger partial charge in [0.25, 0.3) is 0 Å². The van der Waals surface area contributed by atoms with Crippen LogP contribution in [0.15, 0.2) is 18.2 Å². The Kier molecular flexibility index (Phi) is 2.53. The summed E-state index contributed by atoms with van der Waals surface area (Å²) < 4.78 is 2.35. The predicted molar refractivity (Wildman–Crippen MR) is 76.9 cm³/mol. The van der Waals surface area contributed by atoms with E-state index < -0.39 is 0 Å². The summed E-state index contributed by atoms with van der Waals surface area (Å²) >= 11 is 0. The minimum atomic E-state index is 0.212. The van der Waals surface area contributed by atoms with E-state index in [4.69, 9.17) is 0 Å². The molecule has 1 aromatic heterocycles. The number of nitrogens with one attached hydrogen (secondary N) is 1. The van der Waals surface area contributed by atoms with Crippen LogP contribution in [0.1, 0.15) is 37.6 Å². The number of benzene rings is 1. The zero-order valence-electron chi connectivity index (χ0n) is 11.8. The predicted octanol–water partition coefficient (Wildman–Crippen LogP) is 3.17. The van der Waals surface area contributed by atoms with Crippen molar-refractivity contribution >= 4 is 10.9 Å². The Morgan fingerprint density at radius 3 is 2.83 bits per heavy atom. The van der Waals surface area contributed by atoms with Crippen molar-refractivity contribution in [1.82, 2.24) is 9.88 Å². The zero-order chi connectivity index (χ0) is 12.9. The van der Waals surface area contributed by atoms with Gasteiger partial charge >= 0.3 is 0 Å². The van der Waals surface area contributed by atoms with E-state index in [1.54, 1.807) is 5.56 Å². The molecule has 0 spiro atoms. The molecule has 0 unspecified atom stereocenters. The lowest BCUT2D eigenvalue weighted by Crippen LogP contribution is -2.44. The molecule has 2 nitrogen and oxygen atoms in total. The molecule has 2 aromatic rings. The monoisotopic (exact) mass is 242 g/mol. The van der Waals surface area contributed by atoms with Crippen LogP contribution >= 0.6 is 0 Å². The Balaban J connectivity index is 2.26. The normalized spacial score (nSPS) is 18.0. The van der Waals surface area contributed by atoms with Crippen LogP contribution in [0.5, 0.6) is 0 Å². The van der Waals surface area contributed by atoms with E-state index in [9.17, 15) is 0 Å². The van der Waals surface area contributed by atoms with Crippen molar-refractivity contribution in [3.63, 3.8) is 0 Å². The van der Waals surface area contributed by atoms with Gasteiger partial charge in [-0.05, 0) is 49.9 Å². The van der Waals surface area contributed by atoms with Gasteiger partial charge in [0.2, 0.25) is 0 Å². The average molecular weight is 242 g/mol. The fourth-order valence-electron chi connectivity index (χ4n) is 3.09. The standard InChI is InChI=1S/C16H22N2/c1-5-11-6-7-14-12(8-11)13-9-16(2,3)17-10-15(13)18(14)4/h6-8,17H,5,9-10H2,1-4H3. The number of nitrogens with zero attached hydrogens (tertiary/aromatic N) is 1. The third-order valence-corrected chi connectivity index (χ3v) is 4.26. The summed E-state index contributed by atoms with van der Waals surface area (Å²) in [7, 11) is 2.19. The second-order valence-corrected chi connectivity index (χ2v) is 6.10. The van der Waals surface area contributed by atoms with Gasteiger partial charge in [0, 0.05) is 35.7 Å². The molecule has 0 fully saturated rings. The van der Waals surface area contributed by atoms with Crippen LogP contribution in [0.2, 0.25) is 0 Å². The molecule has 0 radical (unpaired) electrons. The highest BCUT2D eigenvalue weighted by molar-refractivity contribution is 5.86. The lowest BCUT2D eigenvalue weighted by Gasteiger charge is -2.32. The van der Waals surface area contributed by atoms with Crippen molar-refractivity contribution in [2.24, 2.45) is 7.05 Å². The molecular formula is C16H22N2. The van der Waals surface area contributed by atoms with Gasteiger partial charge in [0.05, 0.1) is 0 Å². The second-order valence-electron chi connectivity index (χ2n) is 6.10. The first kappa shape index (κ1) is 11.8.